The van der Waals surface area contributed by atoms with Gasteiger partial charge in [-0.3, -0.25) is 10.1 Å². The van der Waals surface area contributed by atoms with E-state index >= 15 is 0 Å². The summed E-state index contributed by atoms with van der Waals surface area (Å²) in [5, 5.41) is 14.0. The second-order valence-electron chi connectivity index (χ2n) is 4.77. The third-order valence-corrected chi connectivity index (χ3v) is 3.02. The second kappa shape index (κ2) is 6.06. The molecule has 104 valence electrons. The van der Waals surface area contributed by atoms with E-state index in [9.17, 15) is 10.1 Å². The zero-order valence-corrected chi connectivity index (χ0v) is 11.2. The summed E-state index contributed by atoms with van der Waals surface area (Å²) in [6, 6.07) is 15.0. The molecule has 3 N–H and O–H groups in total. The summed E-state index contributed by atoms with van der Waals surface area (Å²) in [6.45, 7) is 2.06. The van der Waals surface area contributed by atoms with Crippen LogP contribution in [0.4, 0.5) is 17.1 Å². The number of nitro groups is 1. The summed E-state index contributed by atoms with van der Waals surface area (Å²) in [4.78, 5) is 10.2. The summed E-state index contributed by atoms with van der Waals surface area (Å²) >= 11 is 0. The third kappa shape index (κ3) is 3.47. The van der Waals surface area contributed by atoms with Gasteiger partial charge in [0.15, 0.2) is 0 Å². The Hall–Kier alpha value is -2.56. The van der Waals surface area contributed by atoms with Gasteiger partial charge in [-0.25, -0.2) is 0 Å². The highest BCUT2D eigenvalue weighted by atomic mass is 16.6. The van der Waals surface area contributed by atoms with E-state index in [0.29, 0.717) is 0 Å². The van der Waals surface area contributed by atoms with Crippen LogP contribution in [-0.4, -0.2) is 11.0 Å². The average Bonchev–Trinajstić information content (AvgIpc) is 2.39. The maximum atomic E-state index is 10.7. The van der Waals surface area contributed by atoms with E-state index in [-0.39, 0.29) is 17.4 Å². The number of anilines is 2. The predicted molar refractivity (Wildman–Crippen MR) is 80.7 cm³/mol. The van der Waals surface area contributed by atoms with E-state index in [1.54, 1.807) is 12.1 Å². The quantitative estimate of drug-likeness (QED) is 0.497. The molecule has 0 radical (unpaired) electrons. The highest BCUT2D eigenvalue weighted by Crippen LogP contribution is 2.25. The Morgan fingerprint density at radius 3 is 2.55 bits per heavy atom. The number of nitrogens with zero attached hydrogens (tertiary/aromatic N) is 1. The lowest BCUT2D eigenvalue weighted by Crippen LogP contribution is -2.18. The number of benzene rings is 2. The first kappa shape index (κ1) is 13.9. The number of nitrogens with two attached hydrogens (primary N) is 1. The number of rotatable bonds is 5. The SMILES string of the molecule is CC(Cc1ccccc1)Nc1ccc([N+](=O)[O-])c(N)c1. The fraction of sp³-hybridized carbons (Fsp3) is 0.200. The van der Waals surface area contributed by atoms with E-state index in [2.05, 4.69) is 24.4 Å². The molecule has 0 saturated heterocycles. The van der Waals surface area contributed by atoms with Crippen LogP contribution in [0.2, 0.25) is 0 Å². The van der Waals surface area contributed by atoms with Crippen LogP contribution in [0.1, 0.15) is 12.5 Å². The van der Waals surface area contributed by atoms with Crippen molar-refractivity contribution in [2.45, 2.75) is 19.4 Å². The lowest BCUT2D eigenvalue weighted by atomic mass is 10.1. The van der Waals surface area contributed by atoms with Crippen LogP contribution in [0.15, 0.2) is 48.5 Å². The van der Waals surface area contributed by atoms with Gasteiger partial charge in [0, 0.05) is 17.8 Å². The van der Waals surface area contributed by atoms with Crippen molar-refractivity contribution < 1.29 is 4.92 Å². The van der Waals surface area contributed by atoms with Crippen LogP contribution in [0.3, 0.4) is 0 Å². The zero-order chi connectivity index (χ0) is 14.5. The molecule has 2 rings (SSSR count). The number of nitrogen functional groups attached to an aromatic ring is 1. The van der Waals surface area contributed by atoms with Gasteiger partial charge in [-0.2, -0.15) is 0 Å². The second-order valence-corrected chi connectivity index (χ2v) is 4.77. The van der Waals surface area contributed by atoms with Crippen molar-refractivity contribution in [1.82, 2.24) is 0 Å². The van der Waals surface area contributed by atoms with Crippen molar-refractivity contribution in [3.05, 3.63) is 64.2 Å². The predicted octanol–water partition coefficient (Wildman–Crippen LogP) is 3.22. The maximum absolute atomic E-state index is 10.7. The summed E-state index contributed by atoms with van der Waals surface area (Å²) in [7, 11) is 0. The maximum Gasteiger partial charge on any atom is 0.292 e. The Morgan fingerprint density at radius 1 is 1.25 bits per heavy atom. The minimum Gasteiger partial charge on any atom is -0.393 e. The van der Waals surface area contributed by atoms with Crippen molar-refractivity contribution in [2.24, 2.45) is 0 Å². The molecule has 0 amide bonds. The molecule has 20 heavy (non-hydrogen) atoms. The largest absolute Gasteiger partial charge is 0.393 e. The Balaban J connectivity index is 2.03. The van der Waals surface area contributed by atoms with Crippen LogP contribution in [0.25, 0.3) is 0 Å². The molecule has 2 aromatic carbocycles. The van der Waals surface area contributed by atoms with Crippen LogP contribution in [0.5, 0.6) is 0 Å². The molecule has 0 heterocycles. The van der Waals surface area contributed by atoms with Crippen molar-refractivity contribution >= 4 is 17.1 Å². The fourth-order valence-electron chi connectivity index (χ4n) is 2.11. The minimum absolute atomic E-state index is 0.0636. The van der Waals surface area contributed by atoms with Crippen molar-refractivity contribution in [3.63, 3.8) is 0 Å². The van der Waals surface area contributed by atoms with Gasteiger partial charge in [-0.1, -0.05) is 30.3 Å². The Kier molecular flexibility index (Phi) is 4.20. The fourth-order valence-corrected chi connectivity index (χ4v) is 2.11. The molecule has 0 aliphatic heterocycles. The summed E-state index contributed by atoms with van der Waals surface area (Å²) in [6.07, 6.45) is 0.873. The first-order valence-corrected chi connectivity index (χ1v) is 6.40. The molecule has 0 saturated carbocycles. The average molecular weight is 271 g/mol. The molecule has 0 aliphatic carbocycles. The molecule has 1 atom stereocenters. The highest BCUT2D eigenvalue weighted by molar-refractivity contribution is 5.66. The van der Waals surface area contributed by atoms with E-state index in [1.807, 2.05) is 18.2 Å². The topological polar surface area (TPSA) is 81.2 Å². The van der Waals surface area contributed by atoms with Crippen molar-refractivity contribution in [2.75, 3.05) is 11.1 Å². The van der Waals surface area contributed by atoms with Gasteiger partial charge in [0.1, 0.15) is 5.69 Å². The van der Waals surface area contributed by atoms with Crippen molar-refractivity contribution in [3.8, 4) is 0 Å². The van der Waals surface area contributed by atoms with Crippen LogP contribution in [-0.2, 0) is 6.42 Å². The number of hydrogen-bond acceptors (Lipinski definition) is 4. The molecular formula is C15H17N3O2. The van der Waals surface area contributed by atoms with E-state index < -0.39 is 4.92 Å². The smallest absolute Gasteiger partial charge is 0.292 e. The molecule has 5 heteroatoms. The van der Waals surface area contributed by atoms with Crippen LogP contribution >= 0.6 is 0 Å². The van der Waals surface area contributed by atoms with E-state index in [0.717, 1.165) is 12.1 Å². The summed E-state index contributed by atoms with van der Waals surface area (Å²) in [5.41, 5.74) is 7.81. The third-order valence-electron chi connectivity index (χ3n) is 3.02. The molecule has 5 nitrogen and oxygen atoms in total. The van der Waals surface area contributed by atoms with Gasteiger partial charge < -0.3 is 11.1 Å². The van der Waals surface area contributed by atoms with Crippen molar-refractivity contribution in [1.29, 1.82) is 0 Å². The van der Waals surface area contributed by atoms with E-state index in [1.165, 1.54) is 11.6 Å². The van der Waals surface area contributed by atoms with Gasteiger partial charge in [-0.05, 0) is 31.0 Å². The molecule has 0 aliphatic rings. The molecule has 0 aromatic heterocycles. The molecule has 2 aromatic rings. The lowest BCUT2D eigenvalue weighted by Gasteiger charge is -2.15. The minimum atomic E-state index is -0.480. The Bertz CT molecular complexity index is 599. The molecule has 0 fully saturated rings. The standard InChI is InChI=1S/C15H17N3O2/c1-11(9-12-5-3-2-4-6-12)17-13-7-8-15(18(19)20)14(16)10-13/h2-8,10-11,17H,9,16H2,1H3. The highest BCUT2D eigenvalue weighted by Gasteiger charge is 2.12. The molecule has 0 spiro atoms. The van der Waals surface area contributed by atoms with Gasteiger partial charge >= 0.3 is 0 Å². The van der Waals surface area contributed by atoms with E-state index in [4.69, 9.17) is 5.73 Å². The van der Waals surface area contributed by atoms with Gasteiger partial charge in [0.05, 0.1) is 4.92 Å². The molecule has 0 bridgehead atoms. The van der Waals surface area contributed by atoms with Crippen LogP contribution < -0.4 is 11.1 Å². The molecular weight excluding hydrogens is 254 g/mol. The first-order chi connectivity index (χ1) is 9.56. The number of nitro benzene ring substituents is 1. The number of nitrogens with one attached hydrogen (secondary N) is 1. The van der Waals surface area contributed by atoms with Crippen LogP contribution in [0, 0.1) is 10.1 Å². The normalized spacial score (nSPS) is 11.8. The molecule has 1 unspecified atom stereocenters. The van der Waals surface area contributed by atoms with Gasteiger partial charge in [-0.15, -0.1) is 0 Å². The Labute approximate surface area is 117 Å². The van der Waals surface area contributed by atoms with Gasteiger partial charge in [0.25, 0.3) is 5.69 Å². The van der Waals surface area contributed by atoms with Gasteiger partial charge in [0.2, 0.25) is 0 Å². The first-order valence-electron chi connectivity index (χ1n) is 6.40. The zero-order valence-electron chi connectivity index (χ0n) is 11.2. The summed E-state index contributed by atoms with van der Waals surface area (Å²) in [5.74, 6) is 0. The monoisotopic (exact) mass is 271 g/mol. The Morgan fingerprint density at radius 2 is 1.95 bits per heavy atom. The number of hydrogen-bond donors (Lipinski definition) is 2. The summed E-state index contributed by atoms with van der Waals surface area (Å²) < 4.78 is 0. The lowest BCUT2D eigenvalue weighted by molar-refractivity contribution is -0.383.